The van der Waals surface area contributed by atoms with Gasteiger partial charge in [-0.05, 0) is 65.0 Å². The minimum Gasteiger partial charge on any atom is -0.207 e. The smallest absolute Gasteiger partial charge is 0.123 e. The highest BCUT2D eigenvalue weighted by Gasteiger charge is 2.32. The molecule has 0 radical (unpaired) electrons. The topological polar surface area (TPSA) is 0 Å². The molecule has 4 aromatic carbocycles. The first-order chi connectivity index (χ1) is 14.7. The number of rotatable bonds is 3. The highest BCUT2D eigenvalue weighted by atomic mass is 31.1. The fraction of sp³-hybridized carbons (Fsp3) is 0.0370. The second kappa shape index (κ2) is 7.97. The maximum atomic E-state index is 14.4. The van der Waals surface area contributed by atoms with Crippen LogP contribution in [0.15, 0.2) is 97.1 Å². The van der Waals surface area contributed by atoms with Crippen molar-refractivity contribution in [1.29, 1.82) is 0 Å². The van der Waals surface area contributed by atoms with E-state index in [0.717, 1.165) is 22.3 Å². The highest BCUT2D eigenvalue weighted by Crippen LogP contribution is 2.56. The van der Waals surface area contributed by atoms with E-state index in [1.165, 1.54) is 22.7 Å². The van der Waals surface area contributed by atoms with E-state index in [4.69, 9.17) is 0 Å². The summed E-state index contributed by atoms with van der Waals surface area (Å²) < 4.78 is 28.9. The van der Waals surface area contributed by atoms with Gasteiger partial charge in [0.05, 0.1) is 0 Å². The molecule has 0 heterocycles. The van der Waals surface area contributed by atoms with E-state index in [1.54, 1.807) is 12.1 Å². The van der Waals surface area contributed by atoms with Crippen molar-refractivity contribution in [2.75, 3.05) is 0 Å². The van der Waals surface area contributed by atoms with Gasteiger partial charge in [0.15, 0.2) is 0 Å². The first-order valence-electron chi connectivity index (χ1n) is 9.87. The van der Waals surface area contributed by atoms with Crippen LogP contribution >= 0.6 is 7.92 Å². The molecule has 146 valence electrons. The molecule has 1 aliphatic rings. The molecule has 4 aromatic rings. The summed E-state index contributed by atoms with van der Waals surface area (Å²) in [7, 11) is -0.957. The van der Waals surface area contributed by atoms with E-state index in [-0.39, 0.29) is 17.3 Å². The molecule has 0 spiro atoms. The average Bonchev–Trinajstić information content (AvgIpc) is 2.92. The molecule has 0 saturated heterocycles. The fourth-order valence-corrected chi connectivity index (χ4v) is 7.00. The van der Waals surface area contributed by atoms with Crippen molar-refractivity contribution in [2.24, 2.45) is 0 Å². The lowest BCUT2D eigenvalue weighted by molar-refractivity contribution is 0.623. The van der Waals surface area contributed by atoms with Gasteiger partial charge in [0.1, 0.15) is 11.6 Å². The van der Waals surface area contributed by atoms with Gasteiger partial charge in [-0.15, -0.1) is 0 Å². The molecule has 0 unspecified atom stereocenters. The molecule has 0 atom stereocenters. The second-order valence-electron chi connectivity index (χ2n) is 7.32. The molecule has 0 amide bonds. The lowest BCUT2D eigenvalue weighted by Gasteiger charge is -2.31. The number of benzene rings is 4. The summed E-state index contributed by atoms with van der Waals surface area (Å²) in [5.74, 6) is -0.550. The van der Waals surface area contributed by atoms with E-state index in [2.05, 4.69) is 24.3 Å². The quantitative estimate of drug-likeness (QED) is 0.330. The molecule has 0 N–H and O–H groups in total. The van der Waals surface area contributed by atoms with Gasteiger partial charge in [-0.25, -0.2) is 8.78 Å². The van der Waals surface area contributed by atoms with E-state index in [1.807, 2.05) is 60.7 Å². The molecular weight excluding hydrogens is 393 g/mol. The fourth-order valence-electron chi connectivity index (χ4n) is 4.12. The Morgan fingerprint density at radius 1 is 0.533 bits per heavy atom. The molecule has 0 saturated carbocycles. The minimum atomic E-state index is -0.957. The Morgan fingerprint density at radius 3 is 1.40 bits per heavy atom. The van der Waals surface area contributed by atoms with E-state index in [0.29, 0.717) is 0 Å². The standard InChI is InChI=1S/C27H19F2P/c28-21-15-13-19-11-12-20-14-16-22(29)18-26(20)27(25(19)17-21)30(23-7-3-1-4-8-23)24-9-5-2-6-10-24/h1-18,27H. The minimum absolute atomic E-state index is 0.170. The van der Waals surface area contributed by atoms with Crippen LogP contribution < -0.4 is 10.6 Å². The Balaban J connectivity index is 1.83. The molecule has 30 heavy (non-hydrogen) atoms. The van der Waals surface area contributed by atoms with Crippen LogP contribution in [0.1, 0.15) is 27.9 Å². The first-order valence-corrected chi connectivity index (χ1v) is 11.3. The van der Waals surface area contributed by atoms with E-state index in [9.17, 15) is 8.78 Å². The summed E-state index contributed by atoms with van der Waals surface area (Å²) >= 11 is 0. The number of halogens is 2. The molecule has 0 nitrogen and oxygen atoms in total. The van der Waals surface area contributed by atoms with Crippen molar-refractivity contribution >= 4 is 30.7 Å². The van der Waals surface area contributed by atoms with Crippen LogP contribution in [0.2, 0.25) is 0 Å². The first kappa shape index (κ1) is 18.9. The predicted octanol–water partition coefficient (Wildman–Crippen LogP) is 6.67. The lowest BCUT2D eigenvalue weighted by atomic mass is 9.99. The largest absolute Gasteiger partial charge is 0.207 e. The summed E-state index contributed by atoms with van der Waals surface area (Å²) in [5.41, 5.74) is 3.56. The molecule has 1 aliphatic carbocycles. The summed E-state index contributed by atoms with van der Waals surface area (Å²) in [4.78, 5) is 0. The monoisotopic (exact) mass is 412 g/mol. The van der Waals surface area contributed by atoms with Gasteiger partial charge in [-0.3, -0.25) is 0 Å². The summed E-state index contributed by atoms with van der Waals surface area (Å²) in [6.07, 6.45) is 4.02. The predicted molar refractivity (Wildman–Crippen MR) is 123 cm³/mol. The molecule has 3 heteroatoms. The van der Waals surface area contributed by atoms with Crippen LogP contribution in [0.4, 0.5) is 8.78 Å². The normalized spacial score (nSPS) is 13.0. The van der Waals surface area contributed by atoms with Crippen molar-refractivity contribution in [1.82, 2.24) is 0 Å². The van der Waals surface area contributed by atoms with Gasteiger partial charge in [0.25, 0.3) is 0 Å². The van der Waals surface area contributed by atoms with Gasteiger partial charge < -0.3 is 0 Å². The summed E-state index contributed by atoms with van der Waals surface area (Å²) in [6, 6.07) is 30.4. The van der Waals surface area contributed by atoms with Gasteiger partial charge in [0, 0.05) is 5.66 Å². The molecule has 0 bridgehead atoms. The van der Waals surface area contributed by atoms with Crippen molar-refractivity contribution in [2.45, 2.75) is 5.66 Å². The molecule has 5 rings (SSSR count). The number of hydrogen-bond acceptors (Lipinski definition) is 0. The van der Waals surface area contributed by atoms with Gasteiger partial charge >= 0.3 is 0 Å². The van der Waals surface area contributed by atoms with Gasteiger partial charge in [-0.1, -0.05) is 84.9 Å². The molecule has 0 fully saturated rings. The maximum absolute atomic E-state index is 14.4. The Hall–Kier alpha value is -3.09. The van der Waals surface area contributed by atoms with Gasteiger partial charge in [0.2, 0.25) is 0 Å². The average molecular weight is 412 g/mol. The van der Waals surface area contributed by atoms with Gasteiger partial charge in [-0.2, -0.15) is 0 Å². The Labute approximate surface area is 176 Å². The number of hydrogen-bond donors (Lipinski definition) is 0. The Morgan fingerprint density at radius 2 is 0.967 bits per heavy atom. The van der Waals surface area contributed by atoms with Crippen LogP contribution in [0.5, 0.6) is 0 Å². The zero-order chi connectivity index (χ0) is 20.5. The molecule has 0 aliphatic heterocycles. The third kappa shape index (κ3) is 3.49. The lowest BCUT2D eigenvalue weighted by Crippen LogP contribution is -2.19. The summed E-state index contributed by atoms with van der Waals surface area (Å²) in [5, 5.41) is 2.35. The third-order valence-corrected chi connectivity index (χ3v) is 8.24. The van der Waals surface area contributed by atoms with Crippen molar-refractivity contribution < 1.29 is 8.78 Å². The number of fused-ring (bicyclic) bond motifs is 2. The van der Waals surface area contributed by atoms with Crippen molar-refractivity contribution in [3.8, 4) is 0 Å². The Bertz CT molecular complexity index is 1120. The Kier molecular flexibility index (Phi) is 5.02. The van der Waals surface area contributed by atoms with Crippen LogP contribution in [0.3, 0.4) is 0 Å². The van der Waals surface area contributed by atoms with Crippen molar-refractivity contribution in [3.63, 3.8) is 0 Å². The van der Waals surface area contributed by atoms with Crippen LogP contribution in [0, 0.1) is 11.6 Å². The molecular formula is C27H19F2P. The SMILES string of the molecule is Fc1ccc2c(c1)C(P(c1ccccc1)c1ccccc1)c1cc(F)ccc1C=C2. The van der Waals surface area contributed by atoms with E-state index < -0.39 is 7.92 Å². The second-order valence-corrected chi connectivity index (χ2v) is 9.61. The summed E-state index contributed by atoms with van der Waals surface area (Å²) in [6.45, 7) is 0. The third-order valence-electron chi connectivity index (χ3n) is 5.46. The zero-order valence-electron chi connectivity index (χ0n) is 16.2. The zero-order valence-corrected chi connectivity index (χ0v) is 17.1. The van der Waals surface area contributed by atoms with Crippen LogP contribution in [-0.2, 0) is 0 Å². The van der Waals surface area contributed by atoms with Crippen LogP contribution in [-0.4, -0.2) is 0 Å². The maximum Gasteiger partial charge on any atom is 0.123 e. The highest BCUT2D eigenvalue weighted by molar-refractivity contribution is 7.73. The van der Waals surface area contributed by atoms with Crippen LogP contribution in [0.25, 0.3) is 12.2 Å². The van der Waals surface area contributed by atoms with E-state index >= 15 is 0 Å². The van der Waals surface area contributed by atoms with Crippen molar-refractivity contribution in [3.05, 3.63) is 131 Å². The molecule has 0 aromatic heterocycles.